The Labute approximate surface area is 234 Å². The molecule has 0 radical (unpaired) electrons. The summed E-state index contributed by atoms with van der Waals surface area (Å²) in [5.41, 5.74) is 2.67. The van der Waals surface area contributed by atoms with Gasteiger partial charge in [0.05, 0.1) is 17.6 Å². The molecule has 7 aromatic heterocycles. The summed E-state index contributed by atoms with van der Waals surface area (Å²) >= 11 is 0. The van der Waals surface area contributed by atoms with E-state index in [-0.39, 0.29) is 5.95 Å². The van der Waals surface area contributed by atoms with Crippen molar-refractivity contribution in [1.82, 2.24) is 76.5 Å². The van der Waals surface area contributed by atoms with Gasteiger partial charge in [-0.05, 0) is 35.5 Å². The van der Waals surface area contributed by atoms with Crippen molar-refractivity contribution in [3.05, 3.63) is 108 Å². The number of hydrogen-bond acceptors (Lipinski definition) is 13. The van der Waals surface area contributed by atoms with Crippen LogP contribution in [-0.2, 0) is 5.66 Å². The van der Waals surface area contributed by atoms with E-state index in [0.717, 1.165) is 11.3 Å². The Morgan fingerprint density at radius 2 is 1.88 bits per heavy atom. The van der Waals surface area contributed by atoms with E-state index in [9.17, 15) is 0 Å². The summed E-state index contributed by atoms with van der Waals surface area (Å²) in [6.07, 6.45) is 11.6. The highest BCUT2D eigenvalue weighted by molar-refractivity contribution is 6.01. The molecule has 0 amide bonds. The lowest BCUT2D eigenvalue weighted by atomic mass is 9.83. The predicted octanol–water partition coefficient (Wildman–Crippen LogP) is 1.41. The predicted molar refractivity (Wildman–Crippen MR) is 142 cm³/mol. The molecule has 2 unspecified atom stereocenters. The highest BCUT2D eigenvalue weighted by atomic mass is 16.5. The molecule has 7 aromatic rings. The third kappa shape index (κ3) is 3.31. The van der Waals surface area contributed by atoms with Crippen molar-refractivity contribution >= 4 is 23.2 Å². The van der Waals surface area contributed by atoms with Crippen LogP contribution < -0.4 is 9.80 Å². The molecular formula is C24H19N17O. The number of imidazole rings is 1. The highest BCUT2D eigenvalue weighted by Crippen LogP contribution is 2.56. The number of aromatic nitrogens is 15. The minimum absolute atomic E-state index is 0.211. The smallest absolute Gasteiger partial charge is 0.269 e. The number of hydrogen-bond donors (Lipinski definition) is 5. The van der Waals surface area contributed by atoms with E-state index < -0.39 is 11.7 Å². The quantitative estimate of drug-likeness (QED) is 0.186. The van der Waals surface area contributed by atoms with Crippen LogP contribution in [0.15, 0.2) is 84.4 Å². The molecule has 206 valence electrons. The zero-order valence-corrected chi connectivity index (χ0v) is 21.4. The second-order valence-electron chi connectivity index (χ2n) is 9.11. The van der Waals surface area contributed by atoms with Gasteiger partial charge in [0, 0.05) is 48.3 Å². The SMILES string of the molecule is c1cnnc(C2(c3cn[nH]n3)N(c3ncc[nH]3)C(c3ccon3)=C(c3ccc[nH]3)C(c3ccn[nH]3)N2c2nn[nH]n2)c1. The van der Waals surface area contributed by atoms with Crippen molar-refractivity contribution in [2.24, 2.45) is 0 Å². The van der Waals surface area contributed by atoms with Gasteiger partial charge < -0.3 is 14.5 Å². The van der Waals surface area contributed by atoms with Gasteiger partial charge in [0.1, 0.15) is 29.4 Å². The van der Waals surface area contributed by atoms with Gasteiger partial charge in [-0.1, -0.05) is 10.3 Å². The Balaban J connectivity index is 1.62. The van der Waals surface area contributed by atoms with E-state index in [1.807, 2.05) is 40.3 Å². The van der Waals surface area contributed by atoms with Crippen molar-refractivity contribution in [2.45, 2.75) is 11.7 Å². The van der Waals surface area contributed by atoms with Gasteiger partial charge in [-0.15, -0.1) is 5.10 Å². The maximum Gasteiger partial charge on any atom is 0.269 e. The lowest BCUT2D eigenvalue weighted by molar-refractivity contribution is 0.399. The topological polar surface area (TPSA) is 227 Å². The summed E-state index contributed by atoms with van der Waals surface area (Å²) in [5.74, 6) is 0.630. The molecule has 0 bridgehead atoms. The molecule has 8 heterocycles. The van der Waals surface area contributed by atoms with Gasteiger partial charge in [-0.2, -0.15) is 35.9 Å². The highest BCUT2D eigenvalue weighted by Gasteiger charge is 2.61. The fourth-order valence-electron chi connectivity index (χ4n) is 5.53. The van der Waals surface area contributed by atoms with E-state index in [1.165, 1.54) is 6.26 Å². The lowest BCUT2D eigenvalue weighted by Crippen LogP contribution is -2.64. The average Bonchev–Trinajstić information content (AvgIpc) is 3.89. The Hall–Kier alpha value is -6.46. The first kappa shape index (κ1) is 23.4. The van der Waals surface area contributed by atoms with Gasteiger partial charge >= 0.3 is 0 Å². The van der Waals surface area contributed by atoms with E-state index in [0.29, 0.717) is 34.4 Å². The van der Waals surface area contributed by atoms with E-state index in [4.69, 9.17) is 9.51 Å². The first-order valence-electron chi connectivity index (χ1n) is 12.6. The van der Waals surface area contributed by atoms with E-state index >= 15 is 0 Å². The first-order valence-corrected chi connectivity index (χ1v) is 12.6. The van der Waals surface area contributed by atoms with E-state index in [1.54, 1.807) is 43.1 Å². The van der Waals surface area contributed by atoms with Crippen LogP contribution in [0.5, 0.6) is 0 Å². The van der Waals surface area contributed by atoms with E-state index in [2.05, 4.69) is 71.6 Å². The fourth-order valence-corrected chi connectivity index (χ4v) is 5.53. The second kappa shape index (κ2) is 9.33. The van der Waals surface area contributed by atoms with Crippen LogP contribution in [0.1, 0.15) is 34.5 Å². The summed E-state index contributed by atoms with van der Waals surface area (Å²) in [5, 5.41) is 47.7. The molecule has 0 fully saturated rings. The summed E-state index contributed by atoms with van der Waals surface area (Å²) in [4.78, 5) is 15.1. The molecule has 18 nitrogen and oxygen atoms in total. The molecule has 1 aliphatic rings. The van der Waals surface area contributed by atoms with Crippen molar-refractivity contribution in [3.63, 3.8) is 0 Å². The average molecular weight is 562 g/mol. The fraction of sp³-hybridized carbons (Fsp3) is 0.0833. The van der Waals surface area contributed by atoms with Crippen LogP contribution >= 0.6 is 0 Å². The second-order valence-corrected chi connectivity index (χ2v) is 9.11. The number of aromatic amines is 5. The Bertz CT molecular complexity index is 1880. The number of tetrazole rings is 1. The zero-order valence-electron chi connectivity index (χ0n) is 21.4. The van der Waals surface area contributed by atoms with Gasteiger partial charge in [0.2, 0.25) is 11.6 Å². The molecular weight excluding hydrogens is 542 g/mol. The lowest BCUT2D eigenvalue weighted by Gasteiger charge is -2.55. The number of nitrogens with one attached hydrogen (secondary N) is 5. The minimum Gasteiger partial charge on any atom is -0.364 e. The Morgan fingerprint density at radius 3 is 2.55 bits per heavy atom. The summed E-state index contributed by atoms with van der Waals surface area (Å²) in [7, 11) is 0. The van der Waals surface area contributed by atoms with Crippen LogP contribution in [0.3, 0.4) is 0 Å². The van der Waals surface area contributed by atoms with Crippen molar-refractivity contribution in [3.8, 4) is 0 Å². The molecule has 0 spiro atoms. The van der Waals surface area contributed by atoms with Crippen LogP contribution in [-0.4, -0.2) is 76.5 Å². The van der Waals surface area contributed by atoms with Crippen molar-refractivity contribution in [1.29, 1.82) is 0 Å². The molecule has 0 aromatic carbocycles. The monoisotopic (exact) mass is 561 g/mol. The molecule has 42 heavy (non-hydrogen) atoms. The summed E-state index contributed by atoms with van der Waals surface area (Å²) in [6.45, 7) is 0. The molecule has 0 saturated heterocycles. The standard InChI is InChI=1S/C24H19N17O/c1-3-14(25-7-1)19-20(15-5-9-29-31-15)41(23-34-38-39-35-23)24(18-13-30-37-33-18,17-4-2-8-28-32-17)40(22-26-10-11-27-22)21(19)16-6-12-42-36-16/h1-13,20,25H,(H,26,27)(H,29,31)(H,30,33,37)(H,34,35,38,39). The Morgan fingerprint density at radius 1 is 0.881 bits per heavy atom. The van der Waals surface area contributed by atoms with Gasteiger partial charge in [-0.3, -0.25) is 14.9 Å². The third-order valence-corrected chi connectivity index (χ3v) is 7.01. The van der Waals surface area contributed by atoms with Crippen LogP contribution in [0.25, 0.3) is 11.3 Å². The van der Waals surface area contributed by atoms with Crippen LogP contribution in [0.4, 0.5) is 11.9 Å². The largest absolute Gasteiger partial charge is 0.364 e. The van der Waals surface area contributed by atoms with Crippen LogP contribution in [0, 0.1) is 0 Å². The van der Waals surface area contributed by atoms with Gasteiger partial charge in [0.15, 0.2) is 0 Å². The van der Waals surface area contributed by atoms with Gasteiger partial charge in [-0.25, -0.2) is 4.98 Å². The first-order chi connectivity index (χ1) is 20.9. The molecule has 2 atom stereocenters. The minimum atomic E-state index is -1.51. The zero-order chi connectivity index (χ0) is 27.9. The van der Waals surface area contributed by atoms with Crippen LogP contribution in [0.2, 0.25) is 0 Å². The summed E-state index contributed by atoms with van der Waals surface area (Å²) < 4.78 is 5.40. The number of rotatable bonds is 7. The number of anilines is 2. The van der Waals surface area contributed by atoms with Crippen molar-refractivity contribution in [2.75, 3.05) is 9.80 Å². The normalized spacial score (nSPS) is 19.1. The third-order valence-electron chi connectivity index (χ3n) is 7.01. The number of nitrogens with zero attached hydrogens (tertiary/aromatic N) is 12. The maximum atomic E-state index is 5.40. The van der Waals surface area contributed by atoms with Gasteiger partial charge in [0.25, 0.3) is 5.95 Å². The molecule has 0 aliphatic carbocycles. The molecule has 0 saturated carbocycles. The number of H-pyrrole nitrogens is 5. The Kier molecular flexibility index (Phi) is 5.20. The van der Waals surface area contributed by atoms with Crippen molar-refractivity contribution < 1.29 is 4.52 Å². The molecule has 18 heteroatoms. The molecule has 1 aliphatic heterocycles. The molecule has 5 N–H and O–H groups in total. The molecule has 8 rings (SSSR count). The summed E-state index contributed by atoms with van der Waals surface area (Å²) in [6, 6.07) is 10.4. The maximum absolute atomic E-state index is 5.40.